The quantitative estimate of drug-likeness (QED) is 0.349. The number of aromatic nitrogens is 2. The molecule has 1 fully saturated rings. The number of aromatic amines is 1. The molecule has 14 heteroatoms. The van der Waals surface area contributed by atoms with E-state index in [9.17, 15) is 23.7 Å². The second-order valence-electron chi connectivity index (χ2n) is 5.91. The first-order valence-electron chi connectivity index (χ1n) is 7.95. The molecule has 0 aliphatic carbocycles. The number of nitrogens with one attached hydrogen (secondary N) is 1. The molecule has 1 aromatic heterocycles. The number of phosphoric ester groups is 1. The summed E-state index contributed by atoms with van der Waals surface area (Å²) in [6.07, 6.45) is -2.44. The van der Waals surface area contributed by atoms with Gasteiger partial charge in [-0.05, 0) is 0 Å². The number of carbonyl (C=O) groups is 2. The smallest absolute Gasteiger partial charge is 0.465 e. The predicted octanol–water partition coefficient (Wildman–Crippen LogP) is -1.35. The summed E-state index contributed by atoms with van der Waals surface area (Å²) >= 11 is 0. The minimum Gasteiger partial charge on any atom is -0.465 e. The van der Waals surface area contributed by atoms with Gasteiger partial charge in [0.25, 0.3) is 5.56 Å². The van der Waals surface area contributed by atoms with Crippen LogP contribution >= 0.6 is 7.82 Å². The van der Waals surface area contributed by atoms with E-state index in [0.717, 1.165) is 30.7 Å². The van der Waals surface area contributed by atoms with Crippen LogP contribution in [0.3, 0.4) is 0 Å². The van der Waals surface area contributed by atoms with E-state index in [1.165, 1.54) is 0 Å². The number of phosphoric acid groups is 1. The number of carbonyl (C=O) groups excluding carboxylic acids is 2. The molecule has 4 atom stereocenters. The van der Waals surface area contributed by atoms with Crippen molar-refractivity contribution in [1.82, 2.24) is 9.55 Å². The monoisotopic (exact) mass is 422 g/mol. The van der Waals surface area contributed by atoms with Crippen molar-refractivity contribution in [3.63, 3.8) is 0 Å². The summed E-state index contributed by atoms with van der Waals surface area (Å²) < 4.78 is 32.2. The van der Waals surface area contributed by atoms with Crippen molar-refractivity contribution in [2.45, 2.75) is 32.3 Å². The summed E-state index contributed by atoms with van der Waals surface area (Å²) in [5.41, 5.74) is -1.53. The van der Waals surface area contributed by atoms with Gasteiger partial charge in [-0.3, -0.25) is 28.5 Å². The zero-order chi connectivity index (χ0) is 21.1. The van der Waals surface area contributed by atoms with Gasteiger partial charge in [-0.2, -0.15) is 0 Å². The molecule has 1 aliphatic heterocycles. The number of nitrogens with zero attached hydrogens (tertiary/aromatic N) is 1. The lowest BCUT2D eigenvalue weighted by Crippen LogP contribution is -2.39. The molecule has 1 saturated heterocycles. The summed E-state index contributed by atoms with van der Waals surface area (Å²) in [5.74, 6) is -2.30. The van der Waals surface area contributed by atoms with Gasteiger partial charge in [0.1, 0.15) is 6.61 Å². The molecule has 0 amide bonds. The van der Waals surface area contributed by atoms with Crippen LogP contribution in [0.25, 0.3) is 0 Å². The predicted molar refractivity (Wildman–Crippen MR) is 88.9 cm³/mol. The molecule has 3 N–H and O–H groups in total. The Morgan fingerprint density at radius 2 is 1.93 bits per heavy atom. The maximum Gasteiger partial charge on any atom is 0.469 e. The van der Waals surface area contributed by atoms with Gasteiger partial charge in [-0.15, -0.1) is 0 Å². The first-order valence-corrected chi connectivity index (χ1v) is 9.48. The lowest BCUT2D eigenvalue weighted by molar-refractivity contribution is -0.155. The molecule has 1 aromatic rings. The van der Waals surface area contributed by atoms with E-state index in [0.29, 0.717) is 0 Å². The Morgan fingerprint density at radius 3 is 2.46 bits per heavy atom. The molecular formula is C14H19N2O11P. The number of rotatable bonds is 7. The first-order chi connectivity index (χ1) is 13.0. The molecule has 2 rings (SSSR count). The number of H-pyrrole nitrogens is 1. The molecule has 0 saturated carbocycles. The second kappa shape index (κ2) is 8.80. The van der Waals surface area contributed by atoms with Crippen molar-refractivity contribution in [2.75, 3.05) is 13.2 Å². The van der Waals surface area contributed by atoms with Crippen molar-refractivity contribution >= 4 is 19.8 Å². The Balaban J connectivity index is 2.40. The fraction of sp³-hybridized carbons (Fsp3) is 0.571. The maximum absolute atomic E-state index is 12.1. The molecule has 0 aromatic carbocycles. The molecule has 2 heterocycles. The van der Waals surface area contributed by atoms with Crippen LogP contribution in [0.2, 0.25) is 0 Å². The van der Waals surface area contributed by atoms with Gasteiger partial charge in [0.2, 0.25) is 0 Å². The second-order valence-corrected chi connectivity index (χ2v) is 7.15. The van der Waals surface area contributed by atoms with Gasteiger partial charge in [-0.1, -0.05) is 0 Å². The largest absolute Gasteiger partial charge is 0.469 e. The van der Waals surface area contributed by atoms with Crippen molar-refractivity contribution in [1.29, 1.82) is 0 Å². The SMILES string of the molecule is CC(=O)OCC1C(COP(=O)(O)O)OC(n2ccc(=O)[nH]c2=O)C1OC(C)=O. The molecule has 0 spiro atoms. The number of ether oxygens (including phenoxy) is 3. The Morgan fingerprint density at radius 1 is 1.25 bits per heavy atom. The van der Waals surface area contributed by atoms with E-state index >= 15 is 0 Å². The maximum atomic E-state index is 12.1. The average molecular weight is 422 g/mol. The van der Waals surface area contributed by atoms with Gasteiger partial charge in [0, 0.05) is 26.1 Å². The molecule has 156 valence electrons. The highest BCUT2D eigenvalue weighted by atomic mass is 31.2. The lowest BCUT2D eigenvalue weighted by Gasteiger charge is -2.24. The summed E-state index contributed by atoms with van der Waals surface area (Å²) in [7, 11) is -4.85. The summed E-state index contributed by atoms with van der Waals surface area (Å²) in [6, 6.07) is 1.04. The molecule has 0 bridgehead atoms. The average Bonchev–Trinajstić information content (AvgIpc) is 2.87. The van der Waals surface area contributed by atoms with E-state index < -0.39 is 62.0 Å². The Bertz CT molecular complexity index is 888. The van der Waals surface area contributed by atoms with Crippen molar-refractivity contribution in [3.05, 3.63) is 33.1 Å². The lowest BCUT2D eigenvalue weighted by atomic mass is 9.99. The van der Waals surface area contributed by atoms with E-state index in [2.05, 4.69) is 4.52 Å². The van der Waals surface area contributed by atoms with Gasteiger partial charge in [0.15, 0.2) is 12.3 Å². The van der Waals surface area contributed by atoms with Crippen LogP contribution in [0.1, 0.15) is 20.1 Å². The van der Waals surface area contributed by atoms with Crippen LogP contribution in [-0.2, 0) is 32.9 Å². The Hall–Kier alpha value is -2.31. The highest BCUT2D eigenvalue weighted by Crippen LogP contribution is 2.41. The van der Waals surface area contributed by atoms with Crippen LogP contribution in [0.5, 0.6) is 0 Å². The third kappa shape index (κ3) is 5.84. The van der Waals surface area contributed by atoms with Gasteiger partial charge in [0.05, 0.1) is 18.6 Å². The van der Waals surface area contributed by atoms with Gasteiger partial charge in [-0.25, -0.2) is 9.36 Å². The van der Waals surface area contributed by atoms with Crippen LogP contribution in [0.15, 0.2) is 21.9 Å². The van der Waals surface area contributed by atoms with Crippen LogP contribution < -0.4 is 11.2 Å². The molecule has 13 nitrogen and oxygen atoms in total. The topological polar surface area (TPSA) is 183 Å². The normalized spacial score (nSPS) is 24.7. The third-order valence-electron chi connectivity index (χ3n) is 3.81. The van der Waals surface area contributed by atoms with E-state index in [-0.39, 0.29) is 6.61 Å². The molecular weight excluding hydrogens is 403 g/mol. The molecule has 1 aliphatic rings. The van der Waals surface area contributed by atoms with E-state index in [4.69, 9.17) is 24.0 Å². The number of hydrogen-bond donors (Lipinski definition) is 3. The highest BCUT2D eigenvalue weighted by molar-refractivity contribution is 7.46. The van der Waals surface area contributed by atoms with E-state index in [1.54, 1.807) is 0 Å². The third-order valence-corrected chi connectivity index (χ3v) is 4.29. The Kier molecular flexibility index (Phi) is 6.91. The van der Waals surface area contributed by atoms with Crippen molar-refractivity contribution < 1.29 is 42.7 Å². The number of hydrogen-bond acceptors (Lipinski definition) is 9. The van der Waals surface area contributed by atoms with Crippen LogP contribution in [0, 0.1) is 5.92 Å². The summed E-state index contributed by atoms with van der Waals surface area (Å²) in [5, 5.41) is 0. The molecule has 0 radical (unpaired) electrons. The fourth-order valence-electron chi connectivity index (χ4n) is 2.72. The van der Waals surface area contributed by atoms with Gasteiger partial charge < -0.3 is 24.0 Å². The zero-order valence-electron chi connectivity index (χ0n) is 14.8. The molecule has 28 heavy (non-hydrogen) atoms. The van der Waals surface area contributed by atoms with Crippen LogP contribution in [0.4, 0.5) is 0 Å². The van der Waals surface area contributed by atoms with Crippen molar-refractivity contribution in [2.24, 2.45) is 5.92 Å². The minimum absolute atomic E-state index is 0.336. The van der Waals surface area contributed by atoms with Crippen molar-refractivity contribution in [3.8, 4) is 0 Å². The minimum atomic E-state index is -4.85. The standard InChI is InChI=1S/C14H19N2O11P/c1-7(17)24-5-9-10(6-25-28(21,22)23)27-13(12(9)26-8(2)18)16-4-3-11(19)15-14(16)20/h3-4,9-10,12-13H,5-6H2,1-2H3,(H,15,19,20)(H2,21,22,23). The summed E-state index contributed by atoms with van der Waals surface area (Å²) in [4.78, 5) is 65.9. The summed E-state index contributed by atoms with van der Waals surface area (Å²) in [6.45, 7) is 1.27. The highest BCUT2D eigenvalue weighted by Gasteiger charge is 2.49. The van der Waals surface area contributed by atoms with E-state index in [1.807, 2.05) is 4.98 Å². The zero-order valence-corrected chi connectivity index (χ0v) is 15.7. The first kappa shape index (κ1) is 22.0. The fourth-order valence-corrected chi connectivity index (χ4v) is 3.06. The molecule has 4 unspecified atom stereocenters. The van der Waals surface area contributed by atoms with Gasteiger partial charge >= 0.3 is 25.5 Å². The number of esters is 2. The Labute approximate surface area is 157 Å². The van der Waals surface area contributed by atoms with Crippen LogP contribution in [-0.4, -0.2) is 56.7 Å².